The van der Waals surface area contributed by atoms with Crippen LogP contribution in [0, 0.1) is 11.7 Å². The predicted octanol–water partition coefficient (Wildman–Crippen LogP) is 2.67. The number of nitrogens with zero attached hydrogens (tertiary/aromatic N) is 2. The van der Waals surface area contributed by atoms with Gasteiger partial charge in [0.05, 0.1) is 18.9 Å². The zero-order valence-corrected chi connectivity index (χ0v) is 12.5. The second-order valence-electron chi connectivity index (χ2n) is 6.15. The zero-order chi connectivity index (χ0) is 15.0. The summed E-state index contributed by atoms with van der Waals surface area (Å²) in [5, 5.41) is 0. The van der Waals surface area contributed by atoms with Crippen LogP contribution in [0.15, 0.2) is 12.3 Å². The lowest BCUT2D eigenvalue weighted by atomic mass is 9.76. The van der Waals surface area contributed by atoms with Crippen molar-refractivity contribution < 1.29 is 13.9 Å². The molecule has 0 aliphatic carbocycles. The van der Waals surface area contributed by atoms with Crippen molar-refractivity contribution in [3.8, 4) is 5.88 Å². The van der Waals surface area contributed by atoms with Crippen LogP contribution in [0.3, 0.4) is 0 Å². The molecule has 0 radical (unpaired) electrons. The summed E-state index contributed by atoms with van der Waals surface area (Å²) in [6.45, 7) is 0. The van der Waals surface area contributed by atoms with Gasteiger partial charge in [-0.05, 0) is 38.8 Å². The highest BCUT2D eigenvalue weighted by atomic mass is 19.1. The summed E-state index contributed by atoms with van der Waals surface area (Å²) >= 11 is 0. The first kappa shape index (κ1) is 14.4. The van der Waals surface area contributed by atoms with Crippen molar-refractivity contribution in [1.29, 1.82) is 0 Å². The number of fused-ring (bicyclic) bond motifs is 2. The van der Waals surface area contributed by atoms with Gasteiger partial charge in [-0.25, -0.2) is 9.37 Å². The van der Waals surface area contributed by atoms with Crippen molar-refractivity contribution in [3.63, 3.8) is 0 Å². The normalized spacial score (nSPS) is 29.2. The maximum Gasteiger partial charge on any atom is 0.224 e. The first-order chi connectivity index (χ1) is 10.1. The molecule has 2 unspecified atom stereocenters. The third kappa shape index (κ3) is 2.67. The fourth-order valence-electron chi connectivity index (χ4n) is 3.82. The molecule has 2 atom stereocenters. The average Bonchev–Trinajstić information content (AvgIpc) is 2.46. The van der Waals surface area contributed by atoms with Gasteiger partial charge in [-0.15, -0.1) is 0 Å². The van der Waals surface area contributed by atoms with Crippen LogP contribution in [0.25, 0.3) is 0 Å². The van der Waals surface area contributed by atoms with E-state index in [-0.39, 0.29) is 23.1 Å². The van der Waals surface area contributed by atoms with Crippen LogP contribution >= 0.6 is 0 Å². The highest BCUT2D eigenvalue weighted by Gasteiger charge is 2.39. The maximum atomic E-state index is 13.4. The molecule has 2 aliphatic rings. The molecular weight excluding hydrogens is 271 g/mol. The Bertz CT molecular complexity index is 535. The number of ketones is 1. The molecule has 114 valence electrons. The van der Waals surface area contributed by atoms with Gasteiger partial charge in [-0.3, -0.25) is 4.79 Å². The molecule has 1 aromatic heterocycles. The number of aromatic nitrogens is 1. The van der Waals surface area contributed by atoms with E-state index in [1.54, 1.807) is 0 Å². The summed E-state index contributed by atoms with van der Waals surface area (Å²) < 4.78 is 18.5. The van der Waals surface area contributed by atoms with E-state index in [0.717, 1.165) is 31.9 Å². The van der Waals surface area contributed by atoms with Gasteiger partial charge in [0.25, 0.3) is 0 Å². The van der Waals surface area contributed by atoms with E-state index < -0.39 is 5.82 Å². The van der Waals surface area contributed by atoms with Crippen LogP contribution in [0.4, 0.5) is 4.39 Å². The van der Waals surface area contributed by atoms with Crippen molar-refractivity contribution in [2.24, 2.45) is 5.92 Å². The number of rotatable bonds is 3. The molecule has 2 aliphatic heterocycles. The minimum atomic E-state index is -0.493. The van der Waals surface area contributed by atoms with Gasteiger partial charge in [0.2, 0.25) is 5.88 Å². The average molecular weight is 292 g/mol. The number of piperidine rings is 2. The van der Waals surface area contributed by atoms with Crippen LogP contribution in [0.1, 0.15) is 42.5 Å². The fraction of sp³-hybridized carbons (Fsp3) is 0.625. The Labute approximate surface area is 124 Å². The number of Topliss-reactive ketones (excluding diaryl/α,β-unsaturated/α-hetero) is 1. The Morgan fingerprint density at radius 2 is 2.05 bits per heavy atom. The number of carbonyl (C=O) groups excluding carboxylic acids is 1. The number of methoxy groups -OCH3 is 1. The topological polar surface area (TPSA) is 42.4 Å². The minimum absolute atomic E-state index is 0.0242. The summed E-state index contributed by atoms with van der Waals surface area (Å²) in [5.41, 5.74) is 0.283. The van der Waals surface area contributed by atoms with Gasteiger partial charge in [0.15, 0.2) is 5.78 Å². The van der Waals surface area contributed by atoms with E-state index in [1.165, 1.54) is 19.6 Å². The van der Waals surface area contributed by atoms with Crippen LogP contribution in [-0.4, -0.2) is 41.9 Å². The summed E-state index contributed by atoms with van der Waals surface area (Å²) in [5.74, 6) is -0.337. The van der Waals surface area contributed by atoms with E-state index in [2.05, 4.69) is 16.9 Å². The number of hydrogen-bond donors (Lipinski definition) is 0. The van der Waals surface area contributed by atoms with Crippen LogP contribution in [-0.2, 0) is 0 Å². The molecule has 0 saturated carbocycles. The lowest BCUT2D eigenvalue weighted by Gasteiger charge is -2.46. The Balaban J connectivity index is 1.84. The van der Waals surface area contributed by atoms with Crippen molar-refractivity contribution in [2.75, 3.05) is 14.2 Å². The molecule has 3 rings (SSSR count). The van der Waals surface area contributed by atoms with Crippen LogP contribution in [0.5, 0.6) is 5.88 Å². The Morgan fingerprint density at radius 1 is 1.38 bits per heavy atom. The smallest absolute Gasteiger partial charge is 0.224 e. The molecule has 4 nitrogen and oxygen atoms in total. The van der Waals surface area contributed by atoms with E-state index >= 15 is 0 Å². The third-order valence-corrected chi connectivity index (χ3v) is 4.99. The van der Waals surface area contributed by atoms with Gasteiger partial charge in [-0.2, -0.15) is 0 Å². The van der Waals surface area contributed by atoms with E-state index in [4.69, 9.17) is 4.74 Å². The zero-order valence-electron chi connectivity index (χ0n) is 12.5. The molecule has 0 aromatic carbocycles. The molecule has 2 bridgehead atoms. The monoisotopic (exact) mass is 292 g/mol. The van der Waals surface area contributed by atoms with Gasteiger partial charge in [0.1, 0.15) is 5.82 Å². The van der Waals surface area contributed by atoms with Gasteiger partial charge in [-0.1, -0.05) is 6.42 Å². The lowest BCUT2D eigenvalue weighted by Crippen LogP contribution is -2.51. The Kier molecular flexibility index (Phi) is 3.93. The molecule has 3 heterocycles. The molecule has 2 saturated heterocycles. The van der Waals surface area contributed by atoms with Crippen molar-refractivity contribution in [2.45, 2.75) is 44.2 Å². The van der Waals surface area contributed by atoms with E-state index in [0.29, 0.717) is 12.1 Å². The summed E-state index contributed by atoms with van der Waals surface area (Å²) in [6, 6.07) is 2.19. The molecule has 21 heavy (non-hydrogen) atoms. The highest BCUT2D eigenvalue weighted by molar-refractivity contribution is 6.00. The quantitative estimate of drug-likeness (QED) is 0.803. The van der Waals surface area contributed by atoms with E-state index in [1.807, 2.05) is 0 Å². The third-order valence-electron chi connectivity index (χ3n) is 4.99. The molecule has 5 heteroatoms. The summed E-state index contributed by atoms with van der Waals surface area (Å²) in [4.78, 5) is 19.0. The van der Waals surface area contributed by atoms with Crippen molar-refractivity contribution >= 4 is 5.78 Å². The number of halogens is 1. The van der Waals surface area contributed by atoms with Gasteiger partial charge in [0, 0.05) is 18.0 Å². The largest absolute Gasteiger partial charge is 0.480 e. The molecular formula is C16H21FN2O2. The van der Waals surface area contributed by atoms with Crippen molar-refractivity contribution in [3.05, 3.63) is 23.6 Å². The van der Waals surface area contributed by atoms with Crippen LogP contribution < -0.4 is 4.74 Å². The Morgan fingerprint density at radius 3 is 2.67 bits per heavy atom. The molecule has 1 aromatic rings. The molecule has 0 spiro atoms. The second-order valence-corrected chi connectivity index (χ2v) is 6.15. The second kappa shape index (κ2) is 5.72. The number of ether oxygens (including phenoxy) is 1. The lowest BCUT2D eigenvalue weighted by molar-refractivity contribution is 0.0337. The molecule has 0 amide bonds. The SMILES string of the molecule is COc1ncc(F)cc1C(=O)C1CC2CCCC(C1)N2C. The summed E-state index contributed by atoms with van der Waals surface area (Å²) in [6.07, 6.45) is 6.33. The standard InChI is InChI=1S/C16H21FN2O2/c1-19-12-4-3-5-13(19)7-10(6-12)15(20)14-8-11(17)9-18-16(14)21-2/h8-10,12-13H,3-7H2,1-2H3. The van der Waals surface area contributed by atoms with Gasteiger partial charge >= 0.3 is 0 Å². The van der Waals surface area contributed by atoms with Gasteiger partial charge < -0.3 is 9.64 Å². The fourth-order valence-corrected chi connectivity index (χ4v) is 3.82. The first-order valence-electron chi connectivity index (χ1n) is 7.56. The first-order valence-corrected chi connectivity index (χ1v) is 7.56. The summed E-state index contributed by atoms with van der Waals surface area (Å²) in [7, 11) is 3.61. The maximum absolute atomic E-state index is 13.4. The minimum Gasteiger partial charge on any atom is -0.480 e. The van der Waals surface area contributed by atoms with Crippen molar-refractivity contribution in [1.82, 2.24) is 9.88 Å². The highest BCUT2D eigenvalue weighted by Crippen LogP contribution is 2.37. The molecule has 0 N–H and O–H groups in total. The molecule has 2 fully saturated rings. The number of carbonyl (C=O) groups is 1. The predicted molar refractivity (Wildman–Crippen MR) is 77.0 cm³/mol. The Hall–Kier alpha value is -1.49. The number of hydrogen-bond acceptors (Lipinski definition) is 4. The van der Waals surface area contributed by atoms with E-state index in [9.17, 15) is 9.18 Å². The van der Waals surface area contributed by atoms with Crippen LogP contribution in [0.2, 0.25) is 0 Å². The number of pyridine rings is 1.